The maximum Gasteiger partial charge on any atom is 0.256 e. The molecule has 1 heterocycles. The van der Waals surface area contributed by atoms with Crippen LogP contribution in [0.15, 0.2) is 47.1 Å². The summed E-state index contributed by atoms with van der Waals surface area (Å²) in [6, 6.07) is 11.7. The van der Waals surface area contributed by atoms with Gasteiger partial charge >= 0.3 is 0 Å². The van der Waals surface area contributed by atoms with Crippen molar-refractivity contribution < 1.29 is 4.79 Å². The van der Waals surface area contributed by atoms with Crippen LogP contribution >= 0.6 is 15.9 Å². The van der Waals surface area contributed by atoms with Gasteiger partial charge in [-0.25, -0.2) is 4.98 Å². The van der Waals surface area contributed by atoms with Crippen LogP contribution < -0.4 is 10.2 Å². The average molecular weight is 362 g/mol. The van der Waals surface area contributed by atoms with Crippen molar-refractivity contribution in [1.82, 2.24) is 4.98 Å². The predicted octanol–water partition coefficient (Wildman–Crippen LogP) is 4.33. The molecule has 0 aliphatic carbocycles. The number of aromatic nitrogens is 1. The molecule has 116 valence electrons. The van der Waals surface area contributed by atoms with Crippen LogP contribution in [0.25, 0.3) is 0 Å². The molecule has 0 spiro atoms. The van der Waals surface area contributed by atoms with E-state index in [0.717, 1.165) is 16.7 Å². The molecule has 0 saturated carbocycles. The van der Waals surface area contributed by atoms with E-state index in [4.69, 9.17) is 0 Å². The summed E-state index contributed by atoms with van der Waals surface area (Å²) in [7, 11) is 0. The molecule has 22 heavy (non-hydrogen) atoms. The van der Waals surface area contributed by atoms with Gasteiger partial charge in [0.15, 0.2) is 0 Å². The lowest BCUT2D eigenvalue weighted by atomic mass is 10.1. The van der Waals surface area contributed by atoms with Gasteiger partial charge in [0.1, 0.15) is 5.82 Å². The van der Waals surface area contributed by atoms with Crippen LogP contribution in [0.3, 0.4) is 0 Å². The molecule has 0 aliphatic heterocycles. The number of hydrogen-bond acceptors (Lipinski definition) is 3. The maximum absolute atomic E-state index is 12.2. The zero-order chi connectivity index (χ0) is 16.1. The van der Waals surface area contributed by atoms with E-state index in [1.807, 2.05) is 30.3 Å². The first kappa shape index (κ1) is 16.5. The summed E-state index contributed by atoms with van der Waals surface area (Å²) in [5.74, 6) is 0.378. The molecule has 1 N–H and O–H groups in total. The number of carbonyl (C=O) groups is 1. The van der Waals surface area contributed by atoms with Gasteiger partial charge in [0, 0.05) is 34.5 Å². The van der Waals surface area contributed by atoms with Gasteiger partial charge in [-0.3, -0.25) is 4.79 Å². The summed E-state index contributed by atoms with van der Waals surface area (Å²) >= 11 is 3.32. The molecule has 1 amide bonds. The van der Waals surface area contributed by atoms with E-state index in [1.54, 1.807) is 12.3 Å². The van der Waals surface area contributed by atoms with Crippen molar-refractivity contribution in [2.24, 2.45) is 0 Å². The summed E-state index contributed by atoms with van der Waals surface area (Å²) in [5.41, 5.74) is 1.74. The highest BCUT2D eigenvalue weighted by atomic mass is 79.9. The molecule has 0 unspecified atom stereocenters. The number of pyridine rings is 1. The number of nitrogens with one attached hydrogen (secondary N) is 1. The van der Waals surface area contributed by atoms with E-state index in [1.165, 1.54) is 0 Å². The molecule has 5 heteroatoms. The highest BCUT2D eigenvalue weighted by Gasteiger charge is 2.10. The number of rotatable bonds is 5. The molecule has 0 aliphatic rings. The summed E-state index contributed by atoms with van der Waals surface area (Å²) in [6.45, 7) is 7.37. The number of halogens is 1. The van der Waals surface area contributed by atoms with Crippen molar-refractivity contribution in [3.63, 3.8) is 0 Å². The first-order valence-electron chi connectivity index (χ1n) is 7.31. The highest BCUT2D eigenvalue weighted by Crippen LogP contribution is 2.18. The second kappa shape index (κ2) is 7.40. The summed E-state index contributed by atoms with van der Waals surface area (Å²) in [5, 5.41) is 2.79. The Kier molecular flexibility index (Phi) is 5.55. The highest BCUT2D eigenvalue weighted by molar-refractivity contribution is 9.10. The molecule has 0 fully saturated rings. The van der Waals surface area contributed by atoms with Gasteiger partial charge in [0.05, 0.1) is 0 Å². The van der Waals surface area contributed by atoms with Gasteiger partial charge in [0.2, 0.25) is 0 Å². The topological polar surface area (TPSA) is 45.2 Å². The van der Waals surface area contributed by atoms with Crippen molar-refractivity contribution in [2.75, 3.05) is 16.8 Å². The lowest BCUT2D eigenvalue weighted by Gasteiger charge is -2.27. The van der Waals surface area contributed by atoms with Gasteiger partial charge in [-0.15, -0.1) is 0 Å². The largest absolute Gasteiger partial charge is 0.369 e. The van der Waals surface area contributed by atoms with Crippen LogP contribution in [0.2, 0.25) is 0 Å². The van der Waals surface area contributed by atoms with E-state index < -0.39 is 0 Å². The molecule has 1 aromatic heterocycles. The van der Waals surface area contributed by atoms with Crippen LogP contribution in [-0.4, -0.2) is 23.5 Å². The Morgan fingerprint density at radius 2 is 1.91 bits per heavy atom. The molecule has 4 nitrogen and oxygen atoms in total. The van der Waals surface area contributed by atoms with Crippen molar-refractivity contribution in [3.8, 4) is 0 Å². The van der Waals surface area contributed by atoms with Crippen LogP contribution in [0.4, 0.5) is 11.5 Å². The molecule has 0 radical (unpaired) electrons. The molecule has 0 atom stereocenters. The van der Waals surface area contributed by atoms with Gasteiger partial charge in [0.25, 0.3) is 5.91 Å². The van der Waals surface area contributed by atoms with Crippen molar-refractivity contribution in [3.05, 3.63) is 52.6 Å². The van der Waals surface area contributed by atoms with E-state index in [0.29, 0.717) is 17.4 Å². The number of anilines is 2. The fourth-order valence-electron chi connectivity index (χ4n) is 2.29. The Balaban J connectivity index is 2.09. The molecule has 0 saturated heterocycles. The second-order valence-corrected chi connectivity index (χ2v) is 6.16. The molecule has 1 aromatic carbocycles. The smallest absolute Gasteiger partial charge is 0.256 e. The van der Waals surface area contributed by atoms with Gasteiger partial charge in [-0.2, -0.15) is 0 Å². The molecule has 2 aromatic rings. The van der Waals surface area contributed by atoms with E-state index in [2.05, 4.69) is 51.9 Å². The van der Waals surface area contributed by atoms with Crippen molar-refractivity contribution in [2.45, 2.75) is 26.8 Å². The van der Waals surface area contributed by atoms with Crippen LogP contribution in [-0.2, 0) is 0 Å². The predicted molar refractivity (Wildman–Crippen MR) is 94.5 cm³/mol. The third-order valence-corrected chi connectivity index (χ3v) is 3.86. The lowest BCUT2D eigenvalue weighted by Crippen LogP contribution is -2.30. The number of amides is 1. The summed E-state index contributed by atoms with van der Waals surface area (Å²) < 4.78 is 0.878. The third kappa shape index (κ3) is 4.07. The van der Waals surface area contributed by atoms with E-state index in [-0.39, 0.29) is 5.91 Å². The molecular weight excluding hydrogens is 342 g/mol. The minimum absolute atomic E-state index is 0.158. The fraction of sp³-hybridized carbons (Fsp3) is 0.294. The quantitative estimate of drug-likeness (QED) is 0.861. The first-order valence-corrected chi connectivity index (χ1v) is 8.10. The van der Waals surface area contributed by atoms with E-state index in [9.17, 15) is 4.79 Å². The third-order valence-electron chi connectivity index (χ3n) is 3.39. The Morgan fingerprint density at radius 1 is 1.23 bits per heavy atom. The van der Waals surface area contributed by atoms with E-state index >= 15 is 0 Å². The molecule has 0 bridgehead atoms. The fourth-order valence-corrected chi connectivity index (χ4v) is 2.52. The Bertz CT molecular complexity index is 623. The van der Waals surface area contributed by atoms with Crippen LogP contribution in [0, 0.1) is 0 Å². The molecule has 2 rings (SSSR count). The van der Waals surface area contributed by atoms with Crippen LogP contribution in [0.1, 0.15) is 31.1 Å². The monoisotopic (exact) mass is 361 g/mol. The zero-order valence-corrected chi connectivity index (χ0v) is 14.6. The minimum Gasteiger partial charge on any atom is -0.369 e. The Morgan fingerprint density at radius 3 is 2.41 bits per heavy atom. The minimum atomic E-state index is -0.158. The van der Waals surface area contributed by atoms with Gasteiger partial charge < -0.3 is 10.2 Å². The number of benzene rings is 1. The number of nitrogens with zero attached hydrogens (tertiary/aromatic N) is 2. The van der Waals surface area contributed by atoms with Gasteiger partial charge in [-0.1, -0.05) is 0 Å². The maximum atomic E-state index is 12.2. The Labute approximate surface area is 139 Å². The lowest BCUT2D eigenvalue weighted by molar-refractivity contribution is 0.102. The first-order chi connectivity index (χ1) is 10.5. The number of carbonyl (C=O) groups excluding carboxylic acids is 1. The van der Waals surface area contributed by atoms with Crippen molar-refractivity contribution >= 4 is 33.3 Å². The average Bonchev–Trinajstić information content (AvgIpc) is 2.50. The van der Waals surface area contributed by atoms with Crippen LogP contribution in [0.5, 0.6) is 0 Å². The number of hydrogen-bond donors (Lipinski definition) is 1. The summed E-state index contributed by atoms with van der Waals surface area (Å²) in [4.78, 5) is 18.6. The standard InChI is InChI=1S/C17H20BrN3O/c1-4-21(12(2)3)15-8-5-13(6-9-15)17(22)20-16-10-7-14(18)11-19-16/h5-12H,4H2,1-3H3,(H,19,20,22). The molecular formula is C17H20BrN3O. The Hall–Kier alpha value is -1.88. The second-order valence-electron chi connectivity index (χ2n) is 5.24. The summed E-state index contributed by atoms with van der Waals surface area (Å²) in [6.07, 6.45) is 1.65. The van der Waals surface area contributed by atoms with Gasteiger partial charge in [-0.05, 0) is 73.1 Å². The zero-order valence-electron chi connectivity index (χ0n) is 13.0. The normalized spacial score (nSPS) is 10.6. The SMILES string of the molecule is CCN(c1ccc(C(=O)Nc2ccc(Br)cn2)cc1)C(C)C. The van der Waals surface area contributed by atoms with Crippen molar-refractivity contribution in [1.29, 1.82) is 0 Å².